The molecule has 0 bridgehead atoms. The van der Waals surface area contributed by atoms with Crippen LogP contribution in [0.4, 0.5) is 5.69 Å². The zero-order chi connectivity index (χ0) is 13.8. The summed E-state index contributed by atoms with van der Waals surface area (Å²) in [5, 5.41) is 4.38. The number of halogens is 2. The first-order valence-electron chi connectivity index (χ1n) is 5.93. The molecular weight excluding hydrogens is 281 g/mol. The van der Waals surface area contributed by atoms with Crippen molar-refractivity contribution in [2.45, 2.75) is 13.5 Å². The quantitative estimate of drug-likeness (QED) is 0.864. The molecule has 1 N–H and O–H groups in total. The summed E-state index contributed by atoms with van der Waals surface area (Å²) in [7, 11) is 1.67. The molecule has 0 atom stereocenters. The molecule has 0 saturated heterocycles. The van der Waals surface area contributed by atoms with Gasteiger partial charge in [-0.3, -0.25) is 0 Å². The van der Waals surface area contributed by atoms with Gasteiger partial charge in [0, 0.05) is 6.54 Å². The van der Waals surface area contributed by atoms with Crippen LogP contribution in [0.3, 0.4) is 0 Å². The van der Waals surface area contributed by atoms with Gasteiger partial charge in [0.2, 0.25) is 0 Å². The molecule has 0 amide bonds. The smallest absolute Gasteiger partial charge is 0.121 e. The molecule has 0 spiro atoms. The highest BCUT2D eigenvalue weighted by Gasteiger charge is 2.04. The lowest BCUT2D eigenvalue weighted by Gasteiger charge is -2.11. The minimum Gasteiger partial charge on any atom is -0.496 e. The third-order valence-electron chi connectivity index (χ3n) is 2.89. The van der Waals surface area contributed by atoms with Gasteiger partial charge in [0.15, 0.2) is 0 Å². The SMILES string of the molecule is COc1ccc(CNc2cccc(Cl)c2Cl)cc1C. The number of benzene rings is 2. The monoisotopic (exact) mass is 295 g/mol. The third-order valence-corrected chi connectivity index (χ3v) is 3.71. The van der Waals surface area contributed by atoms with Gasteiger partial charge in [-0.15, -0.1) is 0 Å². The summed E-state index contributed by atoms with van der Waals surface area (Å²) in [6.07, 6.45) is 0. The fourth-order valence-corrected chi connectivity index (χ4v) is 2.26. The van der Waals surface area contributed by atoms with Crippen LogP contribution in [-0.2, 0) is 6.54 Å². The zero-order valence-corrected chi connectivity index (χ0v) is 12.3. The number of hydrogen-bond donors (Lipinski definition) is 1. The molecule has 2 rings (SSSR count). The second kappa shape index (κ2) is 6.18. The molecule has 0 fully saturated rings. The minimum absolute atomic E-state index is 0.550. The van der Waals surface area contributed by atoms with Gasteiger partial charge in [0.1, 0.15) is 5.75 Å². The second-order valence-corrected chi connectivity index (χ2v) is 5.04. The van der Waals surface area contributed by atoms with Gasteiger partial charge in [0.05, 0.1) is 22.8 Å². The molecule has 0 unspecified atom stereocenters. The standard InChI is InChI=1S/C15H15Cl2NO/c1-10-8-11(6-7-14(10)19-2)9-18-13-5-3-4-12(16)15(13)17/h3-8,18H,9H2,1-2H3. The lowest BCUT2D eigenvalue weighted by Crippen LogP contribution is -2.00. The molecule has 19 heavy (non-hydrogen) atoms. The summed E-state index contributed by atoms with van der Waals surface area (Å²) >= 11 is 12.1. The molecule has 0 radical (unpaired) electrons. The van der Waals surface area contributed by atoms with E-state index in [1.807, 2.05) is 31.2 Å². The summed E-state index contributed by atoms with van der Waals surface area (Å²) in [5.74, 6) is 0.893. The Morgan fingerprint density at radius 2 is 1.95 bits per heavy atom. The van der Waals surface area contributed by atoms with E-state index in [0.717, 1.165) is 22.6 Å². The van der Waals surface area contributed by atoms with E-state index < -0.39 is 0 Å². The van der Waals surface area contributed by atoms with Gasteiger partial charge in [0.25, 0.3) is 0 Å². The van der Waals surface area contributed by atoms with Gasteiger partial charge < -0.3 is 10.1 Å². The van der Waals surface area contributed by atoms with E-state index in [1.54, 1.807) is 13.2 Å². The van der Waals surface area contributed by atoms with Crippen molar-refractivity contribution in [2.75, 3.05) is 12.4 Å². The van der Waals surface area contributed by atoms with E-state index in [4.69, 9.17) is 27.9 Å². The molecule has 0 aliphatic carbocycles. The van der Waals surface area contributed by atoms with Gasteiger partial charge in [-0.1, -0.05) is 41.4 Å². The molecule has 0 heterocycles. The lowest BCUT2D eigenvalue weighted by molar-refractivity contribution is 0.411. The topological polar surface area (TPSA) is 21.3 Å². The summed E-state index contributed by atoms with van der Waals surface area (Å²) < 4.78 is 5.24. The Kier molecular flexibility index (Phi) is 4.56. The minimum atomic E-state index is 0.550. The van der Waals surface area contributed by atoms with Gasteiger partial charge in [-0.2, -0.15) is 0 Å². The van der Waals surface area contributed by atoms with Crippen molar-refractivity contribution >= 4 is 28.9 Å². The maximum atomic E-state index is 6.12. The van der Waals surface area contributed by atoms with Crippen molar-refractivity contribution in [1.82, 2.24) is 0 Å². The van der Waals surface area contributed by atoms with E-state index in [-0.39, 0.29) is 0 Å². The number of ether oxygens (including phenoxy) is 1. The highest BCUT2D eigenvalue weighted by Crippen LogP contribution is 2.30. The van der Waals surface area contributed by atoms with Gasteiger partial charge >= 0.3 is 0 Å². The zero-order valence-electron chi connectivity index (χ0n) is 10.8. The normalized spacial score (nSPS) is 10.3. The number of anilines is 1. The van der Waals surface area contributed by atoms with Crippen LogP contribution >= 0.6 is 23.2 Å². The highest BCUT2D eigenvalue weighted by molar-refractivity contribution is 6.43. The maximum Gasteiger partial charge on any atom is 0.121 e. The first-order valence-corrected chi connectivity index (χ1v) is 6.69. The Hall–Kier alpha value is -1.38. The molecular formula is C15H15Cl2NO. The summed E-state index contributed by atoms with van der Waals surface area (Å²) in [4.78, 5) is 0. The molecule has 0 aliphatic rings. The van der Waals surface area contributed by atoms with Crippen LogP contribution < -0.4 is 10.1 Å². The van der Waals surface area contributed by atoms with Gasteiger partial charge in [-0.05, 0) is 36.2 Å². The van der Waals surface area contributed by atoms with Gasteiger partial charge in [-0.25, -0.2) is 0 Å². The third kappa shape index (κ3) is 3.34. The Labute approximate surface area is 123 Å². The van der Waals surface area contributed by atoms with Crippen molar-refractivity contribution in [3.8, 4) is 5.75 Å². The predicted molar refractivity (Wildman–Crippen MR) is 81.5 cm³/mol. The fourth-order valence-electron chi connectivity index (χ4n) is 1.89. The van der Waals surface area contributed by atoms with Crippen LogP contribution in [-0.4, -0.2) is 7.11 Å². The van der Waals surface area contributed by atoms with E-state index in [9.17, 15) is 0 Å². The van der Waals surface area contributed by atoms with E-state index >= 15 is 0 Å². The van der Waals surface area contributed by atoms with Crippen molar-refractivity contribution in [3.05, 3.63) is 57.6 Å². The summed E-state index contributed by atoms with van der Waals surface area (Å²) in [6, 6.07) is 11.6. The van der Waals surface area contributed by atoms with E-state index in [1.165, 1.54) is 0 Å². The first-order chi connectivity index (χ1) is 9.11. The average molecular weight is 296 g/mol. The van der Waals surface area contributed by atoms with Crippen LogP contribution in [0.1, 0.15) is 11.1 Å². The van der Waals surface area contributed by atoms with Crippen molar-refractivity contribution < 1.29 is 4.74 Å². The Bertz CT molecular complexity index is 584. The molecule has 0 aromatic heterocycles. The molecule has 0 aliphatic heterocycles. The fraction of sp³-hybridized carbons (Fsp3) is 0.200. The maximum absolute atomic E-state index is 6.12. The molecule has 0 saturated carbocycles. The van der Waals surface area contributed by atoms with E-state index in [0.29, 0.717) is 16.6 Å². The van der Waals surface area contributed by atoms with Crippen LogP contribution in [0.5, 0.6) is 5.75 Å². The largest absolute Gasteiger partial charge is 0.496 e. The molecule has 2 aromatic rings. The number of aryl methyl sites for hydroxylation is 1. The molecule has 2 nitrogen and oxygen atoms in total. The Balaban J connectivity index is 2.10. The second-order valence-electron chi connectivity index (χ2n) is 4.26. The Morgan fingerprint density at radius 3 is 2.63 bits per heavy atom. The summed E-state index contributed by atoms with van der Waals surface area (Å²) in [6.45, 7) is 2.71. The number of rotatable bonds is 4. The van der Waals surface area contributed by atoms with Crippen molar-refractivity contribution in [3.63, 3.8) is 0 Å². The predicted octanol–water partition coefficient (Wildman–Crippen LogP) is 4.92. The average Bonchev–Trinajstić information content (AvgIpc) is 2.40. The summed E-state index contributed by atoms with van der Waals surface area (Å²) in [5.41, 5.74) is 3.11. The van der Waals surface area contributed by atoms with E-state index in [2.05, 4.69) is 11.4 Å². The first kappa shape index (κ1) is 14.0. The highest BCUT2D eigenvalue weighted by atomic mass is 35.5. The van der Waals surface area contributed by atoms with Crippen molar-refractivity contribution in [1.29, 1.82) is 0 Å². The number of methoxy groups -OCH3 is 1. The number of nitrogens with one attached hydrogen (secondary N) is 1. The van der Waals surface area contributed by atoms with Crippen LogP contribution in [0, 0.1) is 6.92 Å². The van der Waals surface area contributed by atoms with Crippen LogP contribution in [0.25, 0.3) is 0 Å². The molecule has 2 aromatic carbocycles. The molecule has 4 heteroatoms. The Morgan fingerprint density at radius 1 is 1.16 bits per heavy atom. The van der Waals surface area contributed by atoms with Crippen LogP contribution in [0.15, 0.2) is 36.4 Å². The molecule has 100 valence electrons. The van der Waals surface area contributed by atoms with Crippen molar-refractivity contribution in [2.24, 2.45) is 0 Å². The number of hydrogen-bond acceptors (Lipinski definition) is 2. The lowest BCUT2D eigenvalue weighted by atomic mass is 10.1. The van der Waals surface area contributed by atoms with Crippen LogP contribution in [0.2, 0.25) is 10.0 Å².